The van der Waals surface area contributed by atoms with Crippen molar-refractivity contribution in [3.8, 4) is 0 Å². The summed E-state index contributed by atoms with van der Waals surface area (Å²) in [6, 6.07) is 13.9. The summed E-state index contributed by atoms with van der Waals surface area (Å²) < 4.78 is 5.97. The monoisotopic (exact) mass is 417 g/mol. The van der Waals surface area contributed by atoms with E-state index < -0.39 is 12.1 Å². The average molecular weight is 418 g/mol. The van der Waals surface area contributed by atoms with Crippen LogP contribution in [0.2, 0.25) is 0 Å². The van der Waals surface area contributed by atoms with Crippen molar-refractivity contribution in [1.29, 1.82) is 0 Å². The number of rotatable bonds is 7. The molecule has 136 valence electrons. The smallest absolute Gasteiger partial charge is 0.326 e. The van der Waals surface area contributed by atoms with E-state index in [4.69, 9.17) is 4.74 Å². The summed E-state index contributed by atoms with van der Waals surface area (Å²) in [6.07, 6.45) is -0.0311. The van der Waals surface area contributed by atoms with Gasteiger partial charge < -0.3 is 10.1 Å². The second kappa shape index (κ2) is 9.29. The lowest BCUT2D eigenvalue weighted by Gasteiger charge is -2.13. The van der Waals surface area contributed by atoms with Crippen molar-refractivity contribution in [2.24, 2.45) is 0 Å². The van der Waals surface area contributed by atoms with E-state index in [0.717, 1.165) is 16.5 Å². The molecule has 0 saturated heterocycles. The van der Waals surface area contributed by atoms with Gasteiger partial charge >= 0.3 is 5.97 Å². The molecule has 0 aliphatic carbocycles. The first kappa shape index (κ1) is 19.8. The standard InChI is InChI=1S/C20H20BrNO4/c1-3-14-4-6-15(7-5-14)19(24)13(2)26-18(23)12-22-20(25)16-8-10-17(21)11-9-16/h4-11,13H,3,12H2,1-2H3,(H,22,25)/t13-/m0/s1. The molecular formula is C20H20BrNO4. The largest absolute Gasteiger partial charge is 0.453 e. The molecule has 1 atom stereocenters. The van der Waals surface area contributed by atoms with Crippen LogP contribution >= 0.6 is 15.9 Å². The zero-order chi connectivity index (χ0) is 19.1. The highest BCUT2D eigenvalue weighted by Gasteiger charge is 2.20. The van der Waals surface area contributed by atoms with Crippen molar-refractivity contribution in [3.05, 3.63) is 69.7 Å². The summed E-state index contributed by atoms with van der Waals surface area (Å²) in [5.41, 5.74) is 2.05. The summed E-state index contributed by atoms with van der Waals surface area (Å²) in [6.45, 7) is 3.25. The predicted octanol–water partition coefficient (Wildman–Crippen LogP) is 3.56. The van der Waals surface area contributed by atoms with Crippen LogP contribution in [0.15, 0.2) is 53.0 Å². The summed E-state index contributed by atoms with van der Waals surface area (Å²) >= 11 is 3.29. The fourth-order valence-electron chi connectivity index (χ4n) is 2.29. The second-order valence-corrected chi connectivity index (χ2v) is 6.65. The Balaban J connectivity index is 1.85. The minimum Gasteiger partial charge on any atom is -0.453 e. The third kappa shape index (κ3) is 5.52. The molecular weight excluding hydrogens is 398 g/mol. The van der Waals surface area contributed by atoms with Gasteiger partial charge in [0.2, 0.25) is 5.78 Å². The van der Waals surface area contributed by atoms with E-state index in [0.29, 0.717) is 11.1 Å². The van der Waals surface area contributed by atoms with Gasteiger partial charge in [0.15, 0.2) is 6.10 Å². The van der Waals surface area contributed by atoms with Gasteiger partial charge in [-0.3, -0.25) is 14.4 Å². The van der Waals surface area contributed by atoms with Crippen molar-refractivity contribution in [2.75, 3.05) is 6.54 Å². The molecule has 0 radical (unpaired) electrons. The Morgan fingerprint density at radius 2 is 1.58 bits per heavy atom. The number of carbonyl (C=O) groups excluding carboxylic acids is 3. The Hall–Kier alpha value is -2.47. The normalized spacial score (nSPS) is 11.5. The molecule has 0 heterocycles. The molecule has 2 aromatic rings. The van der Waals surface area contributed by atoms with Crippen molar-refractivity contribution in [2.45, 2.75) is 26.4 Å². The van der Waals surface area contributed by atoms with Gasteiger partial charge in [-0.05, 0) is 43.2 Å². The van der Waals surface area contributed by atoms with E-state index in [1.807, 2.05) is 19.1 Å². The highest BCUT2D eigenvalue weighted by Crippen LogP contribution is 2.11. The predicted molar refractivity (Wildman–Crippen MR) is 102 cm³/mol. The molecule has 26 heavy (non-hydrogen) atoms. The Kier molecular flexibility index (Phi) is 7.09. The van der Waals surface area contributed by atoms with Gasteiger partial charge in [-0.1, -0.05) is 47.1 Å². The third-order valence-corrected chi connectivity index (χ3v) is 4.35. The average Bonchev–Trinajstić information content (AvgIpc) is 2.66. The van der Waals surface area contributed by atoms with Gasteiger partial charge in [-0.2, -0.15) is 0 Å². The maximum absolute atomic E-state index is 12.3. The minimum atomic E-state index is -0.917. The van der Waals surface area contributed by atoms with E-state index in [2.05, 4.69) is 21.2 Å². The van der Waals surface area contributed by atoms with E-state index in [-0.39, 0.29) is 18.2 Å². The van der Waals surface area contributed by atoms with E-state index in [9.17, 15) is 14.4 Å². The van der Waals surface area contributed by atoms with Crippen LogP contribution in [0.3, 0.4) is 0 Å². The first-order valence-corrected chi connectivity index (χ1v) is 9.06. The lowest BCUT2D eigenvalue weighted by Crippen LogP contribution is -2.34. The molecule has 0 bridgehead atoms. The number of carbonyl (C=O) groups is 3. The Labute approximate surface area is 160 Å². The number of hydrogen-bond acceptors (Lipinski definition) is 4. The van der Waals surface area contributed by atoms with Gasteiger partial charge in [0, 0.05) is 15.6 Å². The number of esters is 1. The Morgan fingerprint density at radius 3 is 2.15 bits per heavy atom. The van der Waals surface area contributed by atoms with Crippen LogP contribution in [0.25, 0.3) is 0 Å². The van der Waals surface area contributed by atoms with Crippen LogP contribution in [0.4, 0.5) is 0 Å². The molecule has 2 rings (SSSR count). The van der Waals surface area contributed by atoms with E-state index in [1.54, 1.807) is 36.4 Å². The maximum Gasteiger partial charge on any atom is 0.326 e. The zero-order valence-corrected chi connectivity index (χ0v) is 16.2. The summed E-state index contributed by atoms with van der Waals surface area (Å²) in [4.78, 5) is 36.1. The molecule has 6 heteroatoms. The van der Waals surface area contributed by atoms with Crippen LogP contribution in [0.5, 0.6) is 0 Å². The fraction of sp³-hybridized carbons (Fsp3) is 0.250. The van der Waals surface area contributed by atoms with Gasteiger partial charge in [0.25, 0.3) is 5.91 Å². The first-order valence-electron chi connectivity index (χ1n) is 8.27. The highest BCUT2D eigenvalue weighted by molar-refractivity contribution is 9.10. The Bertz CT molecular complexity index is 784. The van der Waals surface area contributed by atoms with Crippen LogP contribution in [-0.2, 0) is 16.0 Å². The van der Waals surface area contributed by atoms with E-state index >= 15 is 0 Å². The third-order valence-electron chi connectivity index (χ3n) is 3.82. The van der Waals surface area contributed by atoms with Gasteiger partial charge in [0.1, 0.15) is 6.54 Å². The fourth-order valence-corrected chi connectivity index (χ4v) is 2.55. The number of halogens is 1. The SMILES string of the molecule is CCc1ccc(C(=O)[C@H](C)OC(=O)CNC(=O)c2ccc(Br)cc2)cc1. The topological polar surface area (TPSA) is 72.5 Å². The number of ketones is 1. The van der Waals surface area contributed by atoms with Gasteiger partial charge in [-0.15, -0.1) is 0 Å². The van der Waals surface area contributed by atoms with Gasteiger partial charge in [0.05, 0.1) is 0 Å². The van der Waals surface area contributed by atoms with Crippen molar-refractivity contribution in [3.63, 3.8) is 0 Å². The highest BCUT2D eigenvalue weighted by atomic mass is 79.9. The molecule has 0 aliphatic heterocycles. The number of amides is 1. The molecule has 0 aliphatic rings. The lowest BCUT2D eigenvalue weighted by molar-refractivity contribution is -0.145. The zero-order valence-electron chi connectivity index (χ0n) is 14.6. The number of aryl methyl sites for hydroxylation is 1. The second-order valence-electron chi connectivity index (χ2n) is 5.74. The van der Waals surface area contributed by atoms with Crippen LogP contribution in [0.1, 0.15) is 40.1 Å². The lowest BCUT2D eigenvalue weighted by atomic mass is 10.0. The van der Waals surface area contributed by atoms with Gasteiger partial charge in [-0.25, -0.2) is 0 Å². The molecule has 5 nitrogen and oxygen atoms in total. The van der Waals surface area contributed by atoms with Crippen molar-refractivity contribution < 1.29 is 19.1 Å². The molecule has 0 fully saturated rings. The molecule has 1 amide bonds. The minimum absolute atomic E-state index is 0.278. The molecule has 2 aromatic carbocycles. The van der Waals surface area contributed by atoms with Crippen molar-refractivity contribution >= 4 is 33.6 Å². The first-order chi connectivity index (χ1) is 12.4. The number of ether oxygens (including phenoxy) is 1. The van der Waals surface area contributed by atoms with Crippen molar-refractivity contribution in [1.82, 2.24) is 5.32 Å². The molecule has 0 saturated carbocycles. The number of nitrogens with one attached hydrogen (secondary N) is 1. The van der Waals surface area contributed by atoms with Crippen LogP contribution in [-0.4, -0.2) is 30.3 Å². The number of hydrogen-bond donors (Lipinski definition) is 1. The van der Waals surface area contributed by atoms with E-state index in [1.165, 1.54) is 6.92 Å². The number of Topliss-reactive ketones (excluding diaryl/α,β-unsaturated/α-hetero) is 1. The number of benzene rings is 2. The maximum atomic E-state index is 12.3. The quantitative estimate of drug-likeness (QED) is 0.552. The summed E-state index contributed by atoms with van der Waals surface area (Å²) in [7, 11) is 0. The van der Waals surface area contributed by atoms with Crippen LogP contribution < -0.4 is 5.32 Å². The molecule has 0 unspecified atom stereocenters. The Morgan fingerprint density at radius 1 is 1.00 bits per heavy atom. The molecule has 1 N–H and O–H groups in total. The summed E-state index contributed by atoms with van der Waals surface area (Å²) in [5, 5.41) is 2.48. The summed E-state index contributed by atoms with van der Waals surface area (Å²) in [5.74, 6) is -1.33. The van der Waals surface area contributed by atoms with Crippen LogP contribution in [0, 0.1) is 0 Å². The molecule has 0 spiro atoms. The molecule has 0 aromatic heterocycles.